The molecular weight excluding hydrogens is 415 g/mol. The molecule has 0 aliphatic carbocycles. The summed E-state index contributed by atoms with van der Waals surface area (Å²) in [5.41, 5.74) is 1.77. The molecule has 0 heterocycles. The van der Waals surface area contributed by atoms with Gasteiger partial charge in [0.05, 0.1) is 16.7 Å². The van der Waals surface area contributed by atoms with Gasteiger partial charge in [0.1, 0.15) is 11.6 Å². The highest BCUT2D eigenvalue weighted by Gasteiger charge is 2.36. The Labute approximate surface area is 145 Å². The Bertz CT molecular complexity index is 868. The van der Waals surface area contributed by atoms with Crippen molar-refractivity contribution < 1.29 is 31.5 Å². The Balaban J connectivity index is 2.43. The lowest BCUT2D eigenvalue weighted by Gasteiger charge is -2.13. The summed E-state index contributed by atoms with van der Waals surface area (Å²) in [5.74, 6) is -5.05. The van der Waals surface area contributed by atoms with Gasteiger partial charge in [-0.2, -0.15) is 13.2 Å². The van der Waals surface area contributed by atoms with Crippen molar-refractivity contribution in [3.63, 3.8) is 0 Å². The summed E-state index contributed by atoms with van der Waals surface area (Å²) in [4.78, 5) is 23.2. The van der Waals surface area contributed by atoms with Crippen LogP contribution in [0.4, 0.5) is 27.6 Å². The number of halogens is 6. The lowest BCUT2D eigenvalue weighted by Crippen LogP contribution is -2.19. The number of hydrogen-bond acceptors (Lipinski definition) is 2. The normalized spacial score (nSPS) is 11.3. The van der Waals surface area contributed by atoms with Gasteiger partial charge in [-0.3, -0.25) is 9.59 Å². The number of nitrogens with two attached hydrogens (primary N) is 1. The van der Waals surface area contributed by atoms with Crippen LogP contribution >= 0.6 is 15.9 Å². The molecule has 25 heavy (non-hydrogen) atoms. The van der Waals surface area contributed by atoms with Gasteiger partial charge in [0.25, 0.3) is 11.8 Å². The van der Waals surface area contributed by atoms with Crippen LogP contribution in [0.3, 0.4) is 0 Å². The van der Waals surface area contributed by atoms with Gasteiger partial charge in [-0.05, 0) is 46.3 Å². The van der Waals surface area contributed by atoms with Crippen LogP contribution in [0, 0.1) is 11.6 Å². The monoisotopic (exact) mass is 422 g/mol. The molecular formula is C15H8BrF5N2O2. The predicted molar refractivity (Wildman–Crippen MR) is 82.0 cm³/mol. The maximum absolute atomic E-state index is 14.1. The number of carbonyl (C=O) groups excluding carboxylic acids is 2. The van der Waals surface area contributed by atoms with Gasteiger partial charge in [-0.25, -0.2) is 8.78 Å². The lowest BCUT2D eigenvalue weighted by molar-refractivity contribution is -0.140. The van der Waals surface area contributed by atoms with Crippen LogP contribution in [0.1, 0.15) is 26.3 Å². The molecule has 0 spiro atoms. The van der Waals surface area contributed by atoms with Crippen LogP contribution in [0.5, 0.6) is 0 Å². The van der Waals surface area contributed by atoms with Crippen LogP contribution in [0.25, 0.3) is 0 Å². The Kier molecular flexibility index (Phi) is 5.12. The Morgan fingerprint density at radius 2 is 1.72 bits per heavy atom. The SMILES string of the molecule is NC(=O)c1cc(NC(=O)c2c(Br)ccc(C(F)(F)F)c2F)ccc1F. The summed E-state index contributed by atoms with van der Waals surface area (Å²) in [7, 11) is 0. The molecule has 4 nitrogen and oxygen atoms in total. The van der Waals surface area contributed by atoms with Crippen molar-refractivity contribution in [2.75, 3.05) is 5.32 Å². The average molecular weight is 423 g/mol. The fourth-order valence-electron chi connectivity index (χ4n) is 1.97. The summed E-state index contributed by atoms with van der Waals surface area (Å²) in [6.07, 6.45) is -4.99. The first kappa shape index (κ1) is 18.8. The third-order valence-electron chi connectivity index (χ3n) is 3.11. The molecule has 2 aromatic rings. The van der Waals surface area contributed by atoms with E-state index in [2.05, 4.69) is 21.2 Å². The molecule has 0 unspecified atom stereocenters. The Hall–Kier alpha value is -2.49. The maximum Gasteiger partial charge on any atom is 0.419 e. The van der Waals surface area contributed by atoms with E-state index in [9.17, 15) is 31.5 Å². The second-order valence-corrected chi connectivity index (χ2v) is 5.65. The molecule has 0 bridgehead atoms. The van der Waals surface area contributed by atoms with Crippen molar-refractivity contribution >= 4 is 33.4 Å². The molecule has 132 valence electrons. The number of alkyl halides is 3. The Morgan fingerprint density at radius 3 is 2.28 bits per heavy atom. The largest absolute Gasteiger partial charge is 0.419 e. The molecule has 0 aliphatic rings. The van der Waals surface area contributed by atoms with E-state index in [1.807, 2.05) is 0 Å². The van der Waals surface area contributed by atoms with E-state index in [-0.39, 0.29) is 10.2 Å². The second-order valence-electron chi connectivity index (χ2n) is 4.79. The predicted octanol–water partition coefficient (Wildman–Crippen LogP) is 4.10. The van der Waals surface area contributed by atoms with Crippen LogP contribution in [0.2, 0.25) is 0 Å². The topological polar surface area (TPSA) is 72.2 Å². The van der Waals surface area contributed by atoms with E-state index in [1.54, 1.807) is 0 Å². The van der Waals surface area contributed by atoms with E-state index in [1.165, 1.54) is 0 Å². The Morgan fingerprint density at radius 1 is 1.08 bits per heavy atom. The van der Waals surface area contributed by atoms with Gasteiger partial charge in [-0.15, -0.1) is 0 Å². The zero-order valence-electron chi connectivity index (χ0n) is 12.0. The third-order valence-corrected chi connectivity index (χ3v) is 3.77. The van der Waals surface area contributed by atoms with Crippen LogP contribution in [0.15, 0.2) is 34.8 Å². The quantitative estimate of drug-likeness (QED) is 0.730. The first-order valence-corrected chi connectivity index (χ1v) is 7.27. The molecule has 2 aromatic carbocycles. The fraction of sp³-hybridized carbons (Fsp3) is 0.0667. The molecule has 0 radical (unpaired) electrons. The molecule has 0 aliphatic heterocycles. The number of hydrogen-bond donors (Lipinski definition) is 2. The molecule has 0 aromatic heterocycles. The first-order valence-electron chi connectivity index (χ1n) is 6.48. The van der Waals surface area contributed by atoms with Gasteiger partial charge >= 0.3 is 6.18 Å². The van der Waals surface area contributed by atoms with Gasteiger partial charge < -0.3 is 11.1 Å². The van der Waals surface area contributed by atoms with Crippen LogP contribution < -0.4 is 11.1 Å². The minimum Gasteiger partial charge on any atom is -0.366 e. The molecule has 2 rings (SSSR count). The number of amides is 2. The number of carbonyl (C=O) groups is 2. The smallest absolute Gasteiger partial charge is 0.366 e. The van der Waals surface area contributed by atoms with Crippen molar-refractivity contribution in [1.29, 1.82) is 0 Å². The second kappa shape index (κ2) is 6.79. The zero-order valence-corrected chi connectivity index (χ0v) is 13.6. The molecule has 0 fully saturated rings. The van der Waals surface area contributed by atoms with Crippen molar-refractivity contribution in [3.05, 3.63) is 63.1 Å². The van der Waals surface area contributed by atoms with E-state index >= 15 is 0 Å². The molecule has 0 saturated heterocycles. The van der Waals surface area contributed by atoms with Gasteiger partial charge in [0.2, 0.25) is 0 Å². The minimum absolute atomic E-state index is 0.149. The fourth-order valence-corrected chi connectivity index (χ4v) is 2.45. The molecule has 10 heteroatoms. The summed E-state index contributed by atoms with van der Waals surface area (Å²) < 4.78 is 65.6. The molecule has 3 N–H and O–H groups in total. The molecule has 2 amide bonds. The summed E-state index contributed by atoms with van der Waals surface area (Å²) in [6.45, 7) is 0. The highest BCUT2D eigenvalue weighted by atomic mass is 79.9. The minimum atomic E-state index is -4.99. The molecule has 0 atom stereocenters. The highest BCUT2D eigenvalue weighted by Crippen LogP contribution is 2.35. The lowest BCUT2D eigenvalue weighted by atomic mass is 10.1. The van der Waals surface area contributed by atoms with Gasteiger partial charge in [0.15, 0.2) is 0 Å². The van der Waals surface area contributed by atoms with Crippen molar-refractivity contribution in [2.24, 2.45) is 5.73 Å². The van der Waals surface area contributed by atoms with Crippen LogP contribution in [-0.4, -0.2) is 11.8 Å². The van der Waals surface area contributed by atoms with Gasteiger partial charge in [0, 0.05) is 10.2 Å². The number of anilines is 1. The van der Waals surface area contributed by atoms with Crippen molar-refractivity contribution in [1.82, 2.24) is 0 Å². The zero-order chi connectivity index (χ0) is 18.9. The number of benzene rings is 2. The van der Waals surface area contributed by atoms with Crippen molar-refractivity contribution in [2.45, 2.75) is 6.18 Å². The van der Waals surface area contributed by atoms with E-state index in [4.69, 9.17) is 5.73 Å². The summed E-state index contributed by atoms with van der Waals surface area (Å²) in [5, 5.41) is 2.09. The third kappa shape index (κ3) is 3.95. The van der Waals surface area contributed by atoms with Crippen LogP contribution in [-0.2, 0) is 6.18 Å². The van der Waals surface area contributed by atoms with Gasteiger partial charge in [-0.1, -0.05) is 0 Å². The number of primary amides is 1. The maximum atomic E-state index is 14.1. The average Bonchev–Trinajstić information content (AvgIpc) is 2.47. The highest BCUT2D eigenvalue weighted by molar-refractivity contribution is 9.10. The standard InChI is InChI=1S/C15H8BrF5N2O2/c16-9-3-2-8(15(19,20)21)12(18)11(9)14(25)23-6-1-4-10(17)7(5-6)13(22)24/h1-5H,(H2,22,24)(H,23,25). The van der Waals surface area contributed by atoms with E-state index in [0.29, 0.717) is 6.07 Å². The first-order chi connectivity index (χ1) is 11.5. The molecule has 0 saturated carbocycles. The summed E-state index contributed by atoms with van der Waals surface area (Å²) >= 11 is 2.81. The number of rotatable bonds is 3. The summed E-state index contributed by atoms with van der Waals surface area (Å²) in [6, 6.07) is 4.11. The number of nitrogens with one attached hydrogen (secondary N) is 1. The van der Waals surface area contributed by atoms with Crippen molar-refractivity contribution in [3.8, 4) is 0 Å². The van der Waals surface area contributed by atoms with E-state index in [0.717, 1.165) is 24.3 Å². The van der Waals surface area contributed by atoms with E-state index < -0.39 is 46.3 Å².